The fourth-order valence-corrected chi connectivity index (χ4v) is 10.1. The summed E-state index contributed by atoms with van der Waals surface area (Å²) in [6, 6.07) is 0. The molecule has 0 heterocycles. The molecule has 0 aromatic heterocycles. The topological polar surface area (TPSA) is 108 Å². The zero-order valence-electron chi connectivity index (χ0n) is 25.0. The van der Waals surface area contributed by atoms with E-state index >= 15 is 0 Å². The zero-order chi connectivity index (χ0) is 28.6. The van der Waals surface area contributed by atoms with Crippen molar-refractivity contribution >= 4 is 17.7 Å². The van der Waals surface area contributed by atoms with Crippen LogP contribution in [-0.4, -0.2) is 34.4 Å². The number of nitrogens with zero attached hydrogens (tertiary/aromatic N) is 2. The van der Waals surface area contributed by atoms with Crippen LogP contribution in [-0.2, 0) is 19.1 Å². The molecule has 0 amide bonds. The molecule has 0 spiro atoms. The molecule has 4 aliphatic carbocycles. The van der Waals surface area contributed by atoms with Crippen molar-refractivity contribution in [3.05, 3.63) is 10.1 Å². The number of hydrogen-bond donors (Lipinski definition) is 0. The molecular formula is C31H50N2O6. The number of ether oxygens (including phenoxy) is 2. The van der Waals surface area contributed by atoms with Crippen molar-refractivity contribution in [2.75, 3.05) is 0 Å². The average Bonchev–Trinajstić information content (AvgIpc) is 3.19. The lowest BCUT2D eigenvalue weighted by atomic mass is 9.42. The molecule has 0 aromatic carbocycles. The van der Waals surface area contributed by atoms with Gasteiger partial charge >= 0.3 is 11.9 Å². The van der Waals surface area contributed by atoms with Gasteiger partial charge in [-0.1, -0.05) is 59.8 Å². The Hall–Kier alpha value is -1.99. The molecule has 4 rings (SSSR count). The first-order valence-electron chi connectivity index (χ1n) is 15.5. The van der Waals surface area contributed by atoms with Gasteiger partial charge < -0.3 is 9.47 Å². The van der Waals surface area contributed by atoms with Gasteiger partial charge in [0.05, 0.1) is 5.10 Å². The van der Waals surface area contributed by atoms with Crippen molar-refractivity contribution < 1.29 is 24.1 Å². The molecule has 39 heavy (non-hydrogen) atoms. The largest absolute Gasteiger partial charge is 0.462 e. The van der Waals surface area contributed by atoms with Crippen molar-refractivity contribution in [2.24, 2.45) is 45.5 Å². The van der Waals surface area contributed by atoms with Crippen molar-refractivity contribution in [1.29, 1.82) is 0 Å². The van der Waals surface area contributed by atoms with Crippen LogP contribution in [0.4, 0.5) is 0 Å². The average molecular weight is 547 g/mol. The quantitative estimate of drug-likeness (QED) is 0.132. The predicted octanol–water partition coefficient (Wildman–Crippen LogP) is 7.11. The monoisotopic (exact) mass is 546 g/mol. The summed E-state index contributed by atoms with van der Waals surface area (Å²) in [5, 5.41) is 15.2. The summed E-state index contributed by atoms with van der Waals surface area (Å²) in [5.41, 5.74) is -1.15. The minimum atomic E-state index is -1.23. The van der Waals surface area contributed by atoms with E-state index in [4.69, 9.17) is 9.47 Å². The Morgan fingerprint density at radius 3 is 2.44 bits per heavy atom. The van der Waals surface area contributed by atoms with Gasteiger partial charge in [-0.15, -0.1) is 0 Å². The van der Waals surface area contributed by atoms with E-state index in [2.05, 4.69) is 32.8 Å². The first-order chi connectivity index (χ1) is 18.4. The Labute approximate surface area is 234 Å². The molecule has 4 aliphatic rings. The summed E-state index contributed by atoms with van der Waals surface area (Å²) in [6.45, 7) is 12.1. The first kappa shape index (κ1) is 30.0. The molecule has 0 bridgehead atoms. The fourth-order valence-electron chi connectivity index (χ4n) is 10.1. The predicted molar refractivity (Wildman–Crippen MR) is 150 cm³/mol. The third kappa shape index (κ3) is 5.38. The molecular weight excluding hydrogens is 496 g/mol. The zero-order valence-corrected chi connectivity index (χ0v) is 25.0. The lowest BCUT2D eigenvalue weighted by molar-refractivity contribution is -0.486. The molecule has 0 radical (unpaired) electrons. The van der Waals surface area contributed by atoms with Crippen molar-refractivity contribution in [2.45, 2.75) is 137 Å². The number of hydrazone groups is 1. The number of hydrogen-bond acceptors (Lipinski definition) is 6. The number of unbranched alkanes of at least 4 members (excludes halogenated alkanes) is 3. The molecule has 8 heteroatoms. The summed E-state index contributed by atoms with van der Waals surface area (Å²) in [7, 11) is 0. The Morgan fingerprint density at radius 1 is 1.05 bits per heavy atom. The molecule has 0 saturated heterocycles. The van der Waals surface area contributed by atoms with E-state index in [0.29, 0.717) is 42.7 Å². The maximum Gasteiger partial charge on any atom is 0.303 e. The van der Waals surface area contributed by atoms with Crippen LogP contribution in [0.3, 0.4) is 0 Å². The van der Waals surface area contributed by atoms with E-state index < -0.39 is 34.1 Å². The van der Waals surface area contributed by atoms with Crippen molar-refractivity contribution in [3.63, 3.8) is 0 Å². The Morgan fingerprint density at radius 2 is 1.79 bits per heavy atom. The van der Waals surface area contributed by atoms with Gasteiger partial charge in [0.25, 0.3) is 0 Å². The SMILES string of the molecule is CCCCCCC(C)[C@H]1CC[C@H]2[C@@H]3C/C(=N\[N+](=O)[O-])[C@@]4(OC(C)=O)C[C@@H](OC(C)=O)CC[C@]4(C)[C@H]3CC[C@]12C. The van der Waals surface area contributed by atoms with E-state index in [-0.39, 0.29) is 23.7 Å². The van der Waals surface area contributed by atoms with E-state index in [1.165, 1.54) is 52.4 Å². The summed E-state index contributed by atoms with van der Waals surface area (Å²) >= 11 is 0. The molecule has 0 aromatic rings. The number of rotatable bonds is 9. The molecule has 9 atom stereocenters. The van der Waals surface area contributed by atoms with Crippen LogP contribution >= 0.6 is 0 Å². The maximum absolute atomic E-state index is 12.5. The summed E-state index contributed by atoms with van der Waals surface area (Å²) < 4.78 is 11.8. The molecule has 0 aliphatic heterocycles. The molecule has 1 unspecified atom stereocenters. The van der Waals surface area contributed by atoms with Crippen LogP contribution in [0.1, 0.15) is 125 Å². The van der Waals surface area contributed by atoms with Crippen LogP contribution in [0.25, 0.3) is 0 Å². The van der Waals surface area contributed by atoms with Crippen LogP contribution in [0.15, 0.2) is 5.10 Å². The van der Waals surface area contributed by atoms with E-state index in [9.17, 15) is 19.7 Å². The second kappa shape index (κ2) is 11.5. The maximum atomic E-state index is 12.5. The standard InChI is InChI=1S/C31H50N2O6/c1-7-8-9-10-11-20(2)25-12-13-26-24-18-28(32-33(36)37)31(39-22(4)35)19-23(38-21(3)34)14-17-30(31,6)27(24)15-16-29(25,26)5/h20,23-27H,7-19H2,1-6H3/b32-28+/t20?,23-,24-,25+,26-,27-,29+,30+,31-/m0/s1. The van der Waals surface area contributed by atoms with Gasteiger partial charge in [0.2, 0.25) is 0 Å². The van der Waals surface area contributed by atoms with E-state index in [0.717, 1.165) is 19.3 Å². The van der Waals surface area contributed by atoms with Gasteiger partial charge in [0.15, 0.2) is 10.6 Å². The second-order valence-electron chi connectivity index (χ2n) is 13.7. The second-order valence-corrected chi connectivity index (χ2v) is 13.7. The lowest BCUT2D eigenvalue weighted by Gasteiger charge is -2.64. The molecule has 0 N–H and O–H groups in total. The normalized spacial score (nSPS) is 41.2. The van der Waals surface area contributed by atoms with Gasteiger partial charge in [-0.25, -0.2) is 10.1 Å². The minimum Gasteiger partial charge on any atom is -0.462 e. The fraction of sp³-hybridized carbons (Fsp3) is 0.903. The molecule has 4 fully saturated rings. The van der Waals surface area contributed by atoms with Crippen LogP contribution in [0.2, 0.25) is 0 Å². The highest BCUT2D eigenvalue weighted by molar-refractivity contribution is 5.96. The van der Waals surface area contributed by atoms with Gasteiger partial charge in [0, 0.05) is 25.7 Å². The van der Waals surface area contributed by atoms with E-state index in [1.807, 2.05) is 0 Å². The van der Waals surface area contributed by atoms with Gasteiger partial charge in [-0.3, -0.25) is 9.59 Å². The highest BCUT2D eigenvalue weighted by Crippen LogP contribution is 2.69. The Bertz CT molecular complexity index is 982. The van der Waals surface area contributed by atoms with Gasteiger partial charge in [0.1, 0.15) is 11.8 Å². The lowest BCUT2D eigenvalue weighted by Crippen LogP contribution is -2.69. The summed E-state index contributed by atoms with van der Waals surface area (Å²) in [5.74, 6) is 1.52. The van der Waals surface area contributed by atoms with Gasteiger partial charge in [-0.05, 0) is 80.0 Å². The van der Waals surface area contributed by atoms with Gasteiger partial charge in [-0.2, -0.15) is 0 Å². The van der Waals surface area contributed by atoms with Crippen molar-refractivity contribution in [3.8, 4) is 0 Å². The number of carbonyl (C=O) groups excluding carboxylic acids is 2. The number of carbonyl (C=O) groups is 2. The summed E-state index contributed by atoms with van der Waals surface area (Å²) in [6.07, 6.45) is 12.6. The number of fused-ring (bicyclic) bond motifs is 5. The number of nitro groups is 1. The van der Waals surface area contributed by atoms with Crippen molar-refractivity contribution in [1.82, 2.24) is 0 Å². The highest BCUT2D eigenvalue weighted by Gasteiger charge is 2.70. The highest BCUT2D eigenvalue weighted by atomic mass is 16.7. The Kier molecular flexibility index (Phi) is 8.82. The molecule has 4 saturated carbocycles. The minimum absolute atomic E-state index is 0.220. The summed E-state index contributed by atoms with van der Waals surface area (Å²) in [4.78, 5) is 36.3. The van der Waals surface area contributed by atoms with Crippen LogP contribution < -0.4 is 0 Å². The van der Waals surface area contributed by atoms with Crippen LogP contribution in [0.5, 0.6) is 0 Å². The molecule has 8 nitrogen and oxygen atoms in total. The van der Waals surface area contributed by atoms with Crippen LogP contribution in [0, 0.1) is 50.5 Å². The molecule has 220 valence electrons. The Balaban J connectivity index is 1.68. The number of esters is 2. The first-order valence-corrected chi connectivity index (χ1v) is 15.5. The third-order valence-corrected chi connectivity index (χ3v) is 11.7. The van der Waals surface area contributed by atoms with E-state index in [1.54, 1.807) is 0 Å². The smallest absolute Gasteiger partial charge is 0.303 e. The third-order valence-electron chi connectivity index (χ3n) is 11.7.